The third-order valence-corrected chi connectivity index (χ3v) is 5.82. The van der Waals surface area contributed by atoms with E-state index in [1.165, 1.54) is 0 Å². The van der Waals surface area contributed by atoms with E-state index in [9.17, 15) is 14.7 Å². The maximum absolute atomic E-state index is 13.2. The molecule has 2 saturated heterocycles. The largest absolute Gasteiger partial charge is 0.394 e. The molecule has 1 aromatic carbocycles. The Balaban J connectivity index is 1.71. The van der Waals surface area contributed by atoms with Gasteiger partial charge >= 0.3 is 0 Å². The summed E-state index contributed by atoms with van der Waals surface area (Å²) in [5.41, 5.74) is 0.679. The molecule has 1 unspecified atom stereocenters. The Bertz CT molecular complexity index is 611. The van der Waals surface area contributed by atoms with Gasteiger partial charge in [0.1, 0.15) is 0 Å². The van der Waals surface area contributed by atoms with Crippen molar-refractivity contribution in [3.63, 3.8) is 0 Å². The van der Waals surface area contributed by atoms with Gasteiger partial charge in [-0.3, -0.25) is 9.59 Å². The third-order valence-electron chi connectivity index (χ3n) is 5.82. The smallest absolute Gasteiger partial charge is 0.226 e. The molecular weight excluding hydrogens is 316 g/mol. The number of benzene rings is 1. The van der Waals surface area contributed by atoms with Gasteiger partial charge in [0.05, 0.1) is 12.1 Å². The summed E-state index contributed by atoms with van der Waals surface area (Å²) in [7, 11) is 0. The fourth-order valence-corrected chi connectivity index (χ4v) is 4.32. The summed E-state index contributed by atoms with van der Waals surface area (Å²) in [5.74, 6) is 0.210. The van der Waals surface area contributed by atoms with Crippen molar-refractivity contribution >= 4 is 11.8 Å². The quantitative estimate of drug-likeness (QED) is 0.907. The molecule has 2 heterocycles. The highest BCUT2D eigenvalue weighted by Crippen LogP contribution is 2.35. The number of amides is 2. The Labute approximate surface area is 149 Å². The van der Waals surface area contributed by atoms with Crippen molar-refractivity contribution in [3.05, 3.63) is 35.9 Å². The van der Waals surface area contributed by atoms with E-state index in [4.69, 9.17) is 0 Å². The van der Waals surface area contributed by atoms with E-state index in [2.05, 4.69) is 12.1 Å². The van der Waals surface area contributed by atoms with E-state index in [1.54, 1.807) is 6.92 Å². The Morgan fingerprint density at radius 3 is 2.44 bits per heavy atom. The van der Waals surface area contributed by atoms with Crippen LogP contribution in [-0.4, -0.2) is 58.5 Å². The monoisotopic (exact) mass is 344 g/mol. The second-order valence-corrected chi connectivity index (χ2v) is 7.42. The van der Waals surface area contributed by atoms with Crippen LogP contribution in [0, 0.1) is 5.92 Å². The standard InChI is InChI=1S/C20H28N2O3/c1-16(24)21-12-8-18(9-13-21)19(25)22-11-5-10-20(22,15-23)14-17-6-3-2-4-7-17/h2-4,6-7,18,23H,5,8-15H2,1H3. The molecule has 1 aromatic rings. The first-order chi connectivity index (χ1) is 12.1. The molecular formula is C20H28N2O3. The molecule has 2 aliphatic rings. The van der Waals surface area contributed by atoms with E-state index < -0.39 is 5.54 Å². The molecule has 1 atom stereocenters. The molecule has 0 saturated carbocycles. The van der Waals surface area contributed by atoms with E-state index >= 15 is 0 Å². The lowest BCUT2D eigenvalue weighted by molar-refractivity contribution is -0.144. The molecule has 2 fully saturated rings. The first kappa shape index (κ1) is 17.9. The Hall–Kier alpha value is -1.88. The van der Waals surface area contributed by atoms with E-state index in [0.29, 0.717) is 19.5 Å². The van der Waals surface area contributed by atoms with Gasteiger partial charge in [-0.05, 0) is 37.7 Å². The molecule has 5 heteroatoms. The minimum atomic E-state index is -0.476. The van der Waals surface area contributed by atoms with Gasteiger partial charge in [0.2, 0.25) is 11.8 Å². The van der Waals surface area contributed by atoms with Crippen LogP contribution in [0.1, 0.15) is 38.2 Å². The SMILES string of the molecule is CC(=O)N1CCC(C(=O)N2CCCC2(CO)Cc2ccccc2)CC1. The average Bonchev–Trinajstić information content (AvgIpc) is 3.06. The summed E-state index contributed by atoms with van der Waals surface area (Å²) < 4.78 is 0. The predicted molar refractivity (Wildman–Crippen MR) is 95.9 cm³/mol. The summed E-state index contributed by atoms with van der Waals surface area (Å²) in [4.78, 5) is 28.4. The third kappa shape index (κ3) is 3.71. The van der Waals surface area contributed by atoms with Crippen molar-refractivity contribution in [2.24, 2.45) is 5.92 Å². The summed E-state index contributed by atoms with van der Waals surface area (Å²) in [6.07, 6.45) is 3.92. The summed E-state index contributed by atoms with van der Waals surface area (Å²) in [6.45, 7) is 3.62. The van der Waals surface area contributed by atoms with Crippen molar-refractivity contribution in [1.82, 2.24) is 9.80 Å². The number of rotatable bonds is 4. The second-order valence-electron chi connectivity index (χ2n) is 7.42. The molecule has 0 bridgehead atoms. The van der Waals surface area contributed by atoms with Crippen molar-refractivity contribution < 1.29 is 14.7 Å². The summed E-state index contributed by atoms with van der Waals surface area (Å²) in [6, 6.07) is 10.1. The lowest BCUT2D eigenvalue weighted by atomic mass is 9.87. The molecule has 1 N–H and O–H groups in total. The van der Waals surface area contributed by atoms with Crippen LogP contribution in [-0.2, 0) is 16.0 Å². The maximum atomic E-state index is 13.2. The second kappa shape index (κ2) is 7.56. The fraction of sp³-hybridized carbons (Fsp3) is 0.600. The first-order valence-electron chi connectivity index (χ1n) is 9.27. The molecule has 25 heavy (non-hydrogen) atoms. The van der Waals surface area contributed by atoms with Crippen LogP contribution in [0.2, 0.25) is 0 Å². The number of hydrogen-bond donors (Lipinski definition) is 1. The molecule has 2 aliphatic heterocycles. The molecule has 2 amide bonds. The van der Waals surface area contributed by atoms with Crippen molar-refractivity contribution in [1.29, 1.82) is 0 Å². The van der Waals surface area contributed by atoms with Gasteiger partial charge < -0.3 is 14.9 Å². The fourth-order valence-electron chi connectivity index (χ4n) is 4.32. The number of carbonyl (C=O) groups is 2. The Morgan fingerprint density at radius 2 is 1.84 bits per heavy atom. The lowest BCUT2D eigenvalue weighted by Gasteiger charge is -2.41. The molecule has 0 aliphatic carbocycles. The van der Waals surface area contributed by atoms with Gasteiger partial charge in [0.25, 0.3) is 0 Å². The molecule has 136 valence electrons. The summed E-state index contributed by atoms with van der Waals surface area (Å²) in [5, 5.41) is 10.2. The van der Waals surface area contributed by atoms with Gasteiger partial charge in [-0.15, -0.1) is 0 Å². The number of carbonyl (C=O) groups excluding carboxylic acids is 2. The van der Waals surface area contributed by atoms with Crippen LogP contribution in [0.5, 0.6) is 0 Å². The summed E-state index contributed by atoms with van der Waals surface area (Å²) >= 11 is 0. The zero-order valence-corrected chi connectivity index (χ0v) is 15.0. The van der Waals surface area contributed by atoms with Crippen LogP contribution >= 0.6 is 0 Å². The van der Waals surface area contributed by atoms with Crippen LogP contribution in [0.15, 0.2) is 30.3 Å². The van der Waals surface area contributed by atoms with Gasteiger partial charge in [0.15, 0.2) is 0 Å². The Morgan fingerprint density at radius 1 is 1.16 bits per heavy atom. The molecule has 5 nitrogen and oxygen atoms in total. The maximum Gasteiger partial charge on any atom is 0.226 e. The topological polar surface area (TPSA) is 60.9 Å². The minimum Gasteiger partial charge on any atom is -0.394 e. The number of nitrogens with zero attached hydrogens (tertiary/aromatic N) is 2. The Kier molecular flexibility index (Phi) is 5.42. The zero-order chi connectivity index (χ0) is 17.9. The number of aliphatic hydroxyl groups excluding tert-OH is 1. The van der Waals surface area contributed by atoms with E-state index in [0.717, 1.165) is 37.8 Å². The zero-order valence-electron chi connectivity index (χ0n) is 15.0. The van der Waals surface area contributed by atoms with Crippen LogP contribution < -0.4 is 0 Å². The number of likely N-dealkylation sites (tertiary alicyclic amines) is 2. The highest BCUT2D eigenvalue weighted by molar-refractivity contribution is 5.81. The van der Waals surface area contributed by atoms with Crippen molar-refractivity contribution in [2.75, 3.05) is 26.2 Å². The van der Waals surface area contributed by atoms with Gasteiger partial charge in [-0.2, -0.15) is 0 Å². The van der Waals surface area contributed by atoms with E-state index in [-0.39, 0.29) is 24.3 Å². The van der Waals surface area contributed by atoms with Crippen LogP contribution in [0.3, 0.4) is 0 Å². The molecule has 3 rings (SSSR count). The van der Waals surface area contributed by atoms with Crippen LogP contribution in [0.4, 0.5) is 0 Å². The van der Waals surface area contributed by atoms with Gasteiger partial charge in [0, 0.05) is 32.5 Å². The van der Waals surface area contributed by atoms with E-state index in [1.807, 2.05) is 28.0 Å². The van der Waals surface area contributed by atoms with Gasteiger partial charge in [-0.25, -0.2) is 0 Å². The molecule has 0 aromatic heterocycles. The number of aliphatic hydroxyl groups is 1. The number of piperidine rings is 1. The predicted octanol–water partition coefficient (Wildman–Crippen LogP) is 1.84. The van der Waals surface area contributed by atoms with Crippen LogP contribution in [0.25, 0.3) is 0 Å². The molecule has 0 radical (unpaired) electrons. The highest BCUT2D eigenvalue weighted by Gasteiger charge is 2.45. The first-order valence-corrected chi connectivity index (χ1v) is 9.27. The van der Waals surface area contributed by atoms with Crippen molar-refractivity contribution in [2.45, 2.75) is 44.6 Å². The highest BCUT2D eigenvalue weighted by atomic mass is 16.3. The lowest BCUT2D eigenvalue weighted by Crippen LogP contribution is -2.54. The van der Waals surface area contributed by atoms with Gasteiger partial charge in [-0.1, -0.05) is 30.3 Å². The number of hydrogen-bond acceptors (Lipinski definition) is 3. The average molecular weight is 344 g/mol. The minimum absolute atomic E-state index is 0.0000742. The normalized spacial score (nSPS) is 24.6. The molecule has 0 spiro atoms. The van der Waals surface area contributed by atoms with Crippen molar-refractivity contribution in [3.8, 4) is 0 Å².